The molecule has 4 aromatic heterocycles. The quantitative estimate of drug-likeness (QED) is 0.149. The Morgan fingerprint density at radius 3 is 1.31 bits per heavy atom. The minimum absolute atomic E-state index is 0.100. The van der Waals surface area contributed by atoms with Crippen LogP contribution >= 0.6 is 0 Å². The van der Waals surface area contributed by atoms with Crippen LogP contribution in [0.2, 0.25) is 0 Å². The molecule has 0 bridgehead atoms. The third-order valence-corrected chi connectivity index (χ3v) is 24.4. The second-order valence-electron chi connectivity index (χ2n) is 30.4. The molecule has 0 amide bonds. The summed E-state index contributed by atoms with van der Waals surface area (Å²) in [6.07, 6.45) is 0. The normalized spacial score (nSPS) is 13.2. The summed E-state index contributed by atoms with van der Waals surface area (Å²) in [5.41, 5.74) is 35.1. The number of benzene rings is 17. The largest absolute Gasteiger partial charge is 0.454 e. The summed E-state index contributed by atoms with van der Waals surface area (Å²) in [5.74, 6) is 0. The molecule has 504 valence electrons. The standard InChI is InChI=1S/C100H61B2N5O2/c1-58-47-81-74-30-15-28-72-78-51-62-21-9-11-23-64(62)54-87(78)106(97(72)74)101-83-44-39-67(60-19-5-3-6-20-60)56-89(83)104(91(49-58)95(81)101)86-35-18-33-77-80-53-66(40-46-94(80)109-100(77)86)61-37-41-69(42-38-61)103(68-25-7-4-8-26-68)70-43-45-84-90(57-70)105(85-34-17-32-76-71-27-13-14-36-93(71)108-99(76)85)92-50-59(2)48-82-75-31-16-29-73-79-52-63-22-10-12-24-65(63)55-88(79)107(98(73)75)102(84)96(82)92/h3-57H,1-2H3. The Kier molecular flexibility index (Phi) is 11.9. The first-order chi connectivity index (χ1) is 53.9. The van der Waals surface area contributed by atoms with Crippen molar-refractivity contribution >= 4 is 196 Å². The van der Waals surface area contributed by atoms with Crippen molar-refractivity contribution in [2.75, 3.05) is 14.7 Å². The van der Waals surface area contributed by atoms with Crippen LogP contribution in [0.3, 0.4) is 0 Å². The van der Waals surface area contributed by atoms with Gasteiger partial charge >= 0.3 is 13.7 Å². The van der Waals surface area contributed by atoms with Crippen LogP contribution in [0, 0.1) is 13.8 Å². The average molecular weight is 1390 g/mol. The van der Waals surface area contributed by atoms with Gasteiger partial charge in [0.2, 0.25) is 0 Å². The maximum Gasteiger partial charge on any atom is 0.333 e. The minimum atomic E-state index is -0.151. The van der Waals surface area contributed by atoms with Gasteiger partial charge in [0, 0.05) is 116 Å². The zero-order valence-corrected chi connectivity index (χ0v) is 59.5. The van der Waals surface area contributed by atoms with Crippen LogP contribution in [0.25, 0.3) is 154 Å². The summed E-state index contributed by atoms with van der Waals surface area (Å²) in [5, 5.41) is 14.4. The average Bonchev–Trinajstić information content (AvgIpc) is 1.62. The first kappa shape index (κ1) is 59.3. The van der Waals surface area contributed by atoms with Gasteiger partial charge in [-0.3, -0.25) is 0 Å². The molecule has 7 nitrogen and oxygen atoms in total. The van der Waals surface area contributed by atoms with Crippen molar-refractivity contribution in [3.63, 3.8) is 0 Å². The molecule has 0 atom stereocenters. The maximum atomic E-state index is 7.29. The van der Waals surface area contributed by atoms with E-state index < -0.39 is 0 Å². The summed E-state index contributed by atoms with van der Waals surface area (Å²) < 4.78 is 19.7. The molecular formula is C100H61B2N5O2. The lowest BCUT2D eigenvalue weighted by atomic mass is 9.45. The fourth-order valence-electron chi connectivity index (χ4n) is 19.9. The van der Waals surface area contributed by atoms with E-state index >= 15 is 0 Å². The van der Waals surface area contributed by atoms with Gasteiger partial charge in [0.1, 0.15) is 11.2 Å². The van der Waals surface area contributed by atoms with Crippen LogP contribution in [-0.4, -0.2) is 22.7 Å². The van der Waals surface area contributed by atoms with Crippen molar-refractivity contribution in [1.82, 2.24) is 8.96 Å². The van der Waals surface area contributed by atoms with Gasteiger partial charge in [-0.25, -0.2) is 0 Å². The molecule has 0 spiro atoms. The Morgan fingerprint density at radius 2 is 0.706 bits per heavy atom. The molecule has 0 saturated heterocycles. The summed E-state index contributed by atoms with van der Waals surface area (Å²) >= 11 is 0. The Hall–Kier alpha value is -14.0. The van der Waals surface area contributed by atoms with Crippen molar-refractivity contribution in [2.45, 2.75) is 13.8 Å². The van der Waals surface area contributed by atoms with E-state index in [0.717, 1.165) is 112 Å². The second-order valence-corrected chi connectivity index (χ2v) is 30.4. The number of anilines is 9. The number of aromatic nitrogens is 2. The van der Waals surface area contributed by atoms with Crippen molar-refractivity contribution < 1.29 is 8.83 Å². The van der Waals surface area contributed by atoms with E-state index in [2.05, 4.69) is 371 Å². The number of aryl methyl sites for hydroxylation is 2. The minimum Gasteiger partial charge on any atom is -0.454 e. The van der Waals surface area contributed by atoms with Gasteiger partial charge in [0.15, 0.2) is 11.2 Å². The molecule has 0 radical (unpaired) electrons. The molecule has 109 heavy (non-hydrogen) atoms. The zero-order chi connectivity index (χ0) is 71.2. The Balaban J connectivity index is 0.640. The van der Waals surface area contributed by atoms with Crippen molar-refractivity contribution in [3.8, 4) is 44.5 Å². The Bertz CT molecular complexity index is 7620. The number of furan rings is 2. The lowest BCUT2D eigenvalue weighted by Crippen LogP contribution is -2.56. The first-order valence-electron chi connectivity index (χ1n) is 37.8. The Labute approximate surface area is 627 Å². The van der Waals surface area contributed by atoms with Crippen LogP contribution < -0.4 is 36.6 Å². The summed E-state index contributed by atoms with van der Waals surface area (Å²) in [4.78, 5) is 7.45. The molecule has 0 fully saturated rings. The van der Waals surface area contributed by atoms with Crippen molar-refractivity contribution in [3.05, 3.63) is 345 Å². The van der Waals surface area contributed by atoms with Crippen LogP contribution in [0.1, 0.15) is 11.1 Å². The van der Waals surface area contributed by atoms with Gasteiger partial charge in [-0.1, -0.05) is 224 Å². The predicted molar refractivity (Wildman–Crippen MR) is 458 cm³/mol. The fourth-order valence-corrected chi connectivity index (χ4v) is 19.9. The summed E-state index contributed by atoms with van der Waals surface area (Å²) in [6, 6.07) is 124. The molecule has 17 aromatic carbocycles. The van der Waals surface area contributed by atoms with Gasteiger partial charge in [-0.15, -0.1) is 0 Å². The van der Waals surface area contributed by atoms with E-state index in [1.165, 1.54) is 126 Å². The number of hydrogen-bond acceptors (Lipinski definition) is 5. The number of para-hydroxylation sites is 6. The van der Waals surface area contributed by atoms with Crippen LogP contribution in [0.15, 0.2) is 342 Å². The molecule has 9 heteroatoms. The van der Waals surface area contributed by atoms with Gasteiger partial charge in [0.25, 0.3) is 0 Å². The third-order valence-electron chi connectivity index (χ3n) is 24.4. The molecule has 8 heterocycles. The van der Waals surface area contributed by atoms with E-state index in [1.54, 1.807) is 0 Å². The molecule has 0 aliphatic carbocycles. The molecule has 0 N–H and O–H groups in total. The highest BCUT2D eigenvalue weighted by atomic mass is 16.3. The van der Waals surface area contributed by atoms with E-state index in [1.807, 2.05) is 0 Å². The van der Waals surface area contributed by atoms with Crippen LogP contribution in [0.4, 0.5) is 51.2 Å². The lowest BCUT2D eigenvalue weighted by molar-refractivity contribution is 0.669. The Morgan fingerprint density at radius 1 is 0.266 bits per heavy atom. The van der Waals surface area contributed by atoms with E-state index in [0.29, 0.717) is 0 Å². The molecule has 0 saturated carbocycles. The van der Waals surface area contributed by atoms with E-state index in [-0.39, 0.29) is 13.7 Å². The topological polar surface area (TPSA) is 45.9 Å². The fraction of sp³-hybridized carbons (Fsp3) is 0.0200. The molecule has 4 aliphatic heterocycles. The number of fused-ring (bicyclic) bond motifs is 22. The lowest BCUT2D eigenvalue weighted by Gasteiger charge is -2.41. The first-order valence-corrected chi connectivity index (χ1v) is 37.8. The molecular weight excluding hydrogens is 1320 g/mol. The second kappa shape index (κ2) is 21.8. The molecule has 0 unspecified atom stereocenters. The molecule has 21 aromatic rings. The van der Waals surface area contributed by atoms with Gasteiger partial charge < -0.3 is 32.5 Å². The number of nitrogens with zero attached hydrogens (tertiary/aromatic N) is 5. The van der Waals surface area contributed by atoms with Crippen LogP contribution in [0.5, 0.6) is 0 Å². The number of rotatable bonds is 7. The van der Waals surface area contributed by atoms with E-state index in [4.69, 9.17) is 8.83 Å². The van der Waals surface area contributed by atoms with Crippen molar-refractivity contribution in [2.24, 2.45) is 0 Å². The smallest absolute Gasteiger partial charge is 0.333 e. The molecule has 25 rings (SSSR count). The van der Waals surface area contributed by atoms with Gasteiger partial charge in [-0.2, -0.15) is 0 Å². The highest BCUT2D eigenvalue weighted by Crippen LogP contribution is 2.53. The maximum absolute atomic E-state index is 7.29. The zero-order valence-electron chi connectivity index (χ0n) is 59.5. The monoisotopic (exact) mass is 1390 g/mol. The SMILES string of the molecule is Cc1cc2c3c(c1)N(c1cccc4c1oc1ccccc14)c1cc(N(c4ccccc4)c4ccc(-c5ccc6oc7c(N8c9cc(-c%10ccccc%10)ccc9B9c%10c(cc(C)cc%108)-c8cccc%10c%11cc%12ccccc%12cc%11n9c8%10)cccc7c6c5)cc4)ccc1B3n1c3cc4ccccc4cc3c3cccc-2c31. The highest BCUT2D eigenvalue weighted by molar-refractivity contribution is 6.91. The number of hydrogen-bond donors (Lipinski definition) is 0. The van der Waals surface area contributed by atoms with Crippen molar-refractivity contribution in [1.29, 1.82) is 0 Å². The van der Waals surface area contributed by atoms with E-state index in [9.17, 15) is 0 Å². The molecule has 4 aliphatic rings. The van der Waals surface area contributed by atoms with Gasteiger partial charge in [-0.05, 0) is 211 Å². The summed E-state index contributed by atoms with van der Waals surface area (Å²) in [6.45, 7) is 4.25. The van der Waals surface area contributed by atoms with Gasteiger partial charge in [0.05, 0.1) is 11.4 Å². The van der Waals surface area contributed by atoms with Crippen LogP contribution in [-0.2, 0) is 0 Å². The third kappa shape index (κ3) is 8.17. The summed E-state index contributed by atoms with van der Waals surface area (Å²) in [7, 11) is 0. The highest BCUT2D eigenvalue weighted by Gasteiger charge is 2.46. The predicted octanol–water partition coefficient (Wildman–Crippen LogP) is 24.3.